The van der Waals surface area contributed by atoms with Crippen LogP contribution in [0.2, 0.25) is 0 Å². The van der Waals surface area contributed by atoms with Crippen LogP contribution in [0.4, 0.5) is 0 Å². The van der Waals surface area contributed by atoms with Crippen molar-refractivity contribution in [2.45, 2.75) is 19.0 Å². The summed E-state index contributed by atoms with van der Waals surface area (Å²) in [6, 6.07) is 7.32. The molecule has 1 aliphatic rings. The second kappa shape index (κ2) is 4.59. The molecule has 2 N–H and O–H groups in total. The van der Waals surface area contributed by atoms with Crippen LogP contribution in [0.3, 0.4) is 0 Å². The molecular weight excluding hydrogens is 232 g/mol. The molecule has 0 amide bonds. The van der Waals surface area contributed by atoms with E-state index in [-0.39, 0.29) is 11.8 Å². The summed E-state index contributed by atoms with van der Waals surface area (Å²) in [6.07, 6.45) is 0.964. The summed E-state index contributed by atoms with van der Waals surface area (Å²) >= 11 is 0. The highest BCUT2D eigenvalue weighted by atomic mass is 16.5. The van der Waals surface area contributed by atoms with E-state index in [9.17, 15) is 4.79 Å². The lowest BCUT2D eigenvalue weighted by atomic mass is 10.00. The molecule has 18 heavy (non-hydrogen) atoms. The first kappa shape index (κ1) is 11.5. The molecule has 0 saturated carbocycles. The molecule has 2 aromatic rings. The first-order valence-electron chi connectivity index (χ1n) is 6.17. The molecule has 3 rings (SSSR count). The van der Waals surface area contributed by atoms with Gasteiger partial charge in [-0.15, -0.1) is 0 Å². The van der Waals surface area contributed by atoms with Gasteiger partial charge in [-0.2, -0.15) is 0 Å². The Morgan fingerprint density at radius 3 is 3.06 bits per heavy atom. The average molecular weight is 248 g/mol. The van der Waals surface area contributed by atoms with Gasteiger partial charge < -0.3 is 14.9 Å². The quantitative estimate of drug-likeness (QED) is 0.878. The Morgan fingerprint density at radius 1 is 1.44 bits per heavy atom. The minimum atomic E-state index is -0.342. The number of oxazole rings is 1. The second-order valence-electron chi connectivity index (χ2n) is 4.73. The molecule has 1 aliphatic heterocycles. The number of hydrogen-bond acceptors (Lipinski definition) is 4. The van der Waals surface area contributed by atoms with Crippen LogP contribution in [0.15, 0.2) is 33.5 Å². The number of hydrogen-bond donors (Lipinski definition) is 1. The summed E-state index contributed by atoms with van der Waals surface area (Å²) in [5.41, 5.74) is 7.56. The third kappa shape index (κ3) is 1.95. The molecular formula is C13H16N2O3. The van der Waals surface area contributed by atoms with Crippen molar-refractivity contribution in [3.05, 3.63) is 34.8 Å². The van der Waals surface area contributed by atoms with E-state index in [1.807, 2.05) is 18.2 Å². The standard InChI is InChI=1S/C13H16N2O3/c14-10(9-5-6-17-8-9)7-15-11-3-1-2-4-12(11)18-13(15)16/h1-4,9-10H,5-8,14H2. The van der Waals surface area contributed by atoms with Gasteiger partial charge in [0.05, 0.1) is 12.1 Å². The number of benzene rings is 1. The Morgan fingerprint density at radius 2 is 2.28 bits per heavy atom. The summed E-state index contributed by atoms with van der Waals surface area (Å²) in [5.74, 6) is -0.0175. The monoisotopic (exact) mass is 248 g/mol. The van der Waals surface area contributed by atoms with Crippen LogP contribution >= 0.6 is 0 Å². The van der Waals surface area contributed by atoms with Crippen molar-refractivity contribution in [3.8, 4) is 0 Å². The fourth-order valence-corrected chi connectivity index (χ4v) is 2.44. The van der Waals surface area contributed by atoms with Crippen LogP contribution in [0.25, 0.3) is 11.1 Å². The van der Waals surface area contributed by atoms with Crippen LogP contribution in [0.5, 0.6) is 0 Å². The average Bonchev–Trinajstić information content (AvgIpc) is 2.98. The van der Waals surface area contributed by atoms with Gasteiger partial charge >= 0.3 is 5.76 Å². The van der Waals surface area contributed by atoms with Gasteiger partial charge in [-0.3, -0.25) is 4.57 Å². The first-order chi connectivity index (χ1) is 8.75. The molecule has 1 fully saturated rings. The molecule has 1 saturated heterocycles. The molecule has 0 spiro atoms. The highest BCUT2D eigenvalue weighted by Crippen LogP contribution is 2.18. The number of fused-ring (bicyclic) bond motifs is 1. The van der Waals surface area contributed by atoms with E-state index in [2.05, 4.69) is 0 Å². The predicted octanol–water partition coefficient (Wildman–Crippen LogP) is 0.958. The normalized spacial score (nSPS) is 21.5. The third-order valence-corrected chi connectivity index (χ3v) is 3.54. The molecule has 96 valence electrons. The zero-order valence-corrected chi connectivity index (χ0v) is 10.0. The Balaban J connectivity index is 1.89. The maximum atomic E-state index is 11.8. The number of rotatable bonds is 3. The minimum Gasteiger partial charge on any atom is -0.408 e. The van der Waals surface area contributed by atoms with Gasteiger partial charge in [0.1, 0.15) is 0 Å². The molecule has 2 heterocycles. The number of ether oxygens (including phenoxy) is 1. The number of nitrogens with two attached hydrogens (primary N) is 1. The summed E-state index contributed by atoms with van der Waals surface area (Å²) in [7, 11) is 0. The number of nitrogens with zero attached hydrogens (tertiary/aromatic N) is 1. The zero-order valence-electron chi connectivity index (χ0n) is 10.0. The van der Waals surface area contributed by atoms with E-state index >= 15 is 0 Å². The molecule has 5 nitrogen and oxygen atoms in total. The van der Waals surface area contributed by atoms with Crippen molar-refractivity contribution < 1.29 is 9.15 Å². The maximum Gasteiger partial charge on any atom is 0.420 e. The molecule has 0 aliphatic carbocycles. The van der Waals surface area contributed by atoms with E-state index in [0.29, 0.717) is 24.7 Å². The zero-order chi connectivity index (χ0) is 12.5. The Labute approximate surface area is 104 Å². The highest BCUT2D eigenvalue weighted by molar-refractivity contribution is 5.72. The Hall–Kier alpha value is -1.59. The van der Waals surface area contributed by atoms with Gasteiger partial charge in [-0.25, -0.2) is 4.79 Å². The largest absolute Gasteiger partial charge is 0.420 e. The van der Waals surface area contributed by atoms with E-state index in [1.54, 1.807) is 10.6 Å². The van der Waals surface area contributed by atoms with Gasteiger partial charge in [-0.05, 0) is 18.6 Å². The van der Waals surface area contributed by atoms with Crippen LogP contribution in [0, 0.1) is 5.92 Å². The van der Waals surface area contributed by atoms with E-state index in [4.69, 9.17) is 14.9 Å². The van der Waals surface area contributed by atoms with Gasteiger partial charge in [0.2, 0.25) is 0 Å². The van der Waals surface area contributed by atoms with E-state index in [0.717, 1.165) is 18.5 Å². The fourth-order valence-electron chi connectivity index (χ4n) is 2.44. The molecule has 0 radical (unpaired) electrons. The lowest BCUT2D eigenvalue weighted by Crippen LogP contribution is -2.37. The molecule has 2 atom stereocenters. The van der Waals surface area contributed by atoms with Crippen molar-refractivity contribution in [3.63, 3.8) is 0 Å². The lowest BCUT2D eigenvalue weighted by Gasteiger charge is -2.17. The van der Waals surface area contributed by atoms with Crippen molar-refractivity contribution in [1.82, 2.24) is 4.57 Å². The summed E-state index contributed by atoms with van der Waals surface area (Å²) in [6.45, 7) is 1.93. The number of para-hydroxylation sites is 2. The van der Waals surface area contributed by atoms with E-state index < -0.39 is 0 Å². The van der Waals surface area contributed by atoms with Gasteiger partial charge in [0, 0.05) is 25.1 Å². The van der Waals surface area contributed by atoms with Crippen LogP contribution in [0.1, 0.15) is 6.42 Å². The summed E-state index contributed by atoms with van der Waals surface area (Å²) in [5, 5.41) is 0. The minimum absolute atomic E-state index is 0.0776. The fraction of sp³-hybridized carbons (Fsp3) is 0.462. The van der Waals surface area contributed by atoms with Crippen molar-refractivity contribution in [2.75, 3.05) is 13.2 Å². The molecule has 2 unspecified atom stereocenters. The summed E-state index contributed by atoms with van der Waals surface area (Å²) < 4.78 is 12.1. The van der Waals surface area contributed by atoms with Gasteiger partial charge in [-0.1, -0.05) is 12.1 Å². The van der Waals surface area contributed by atoms with Gasteiger partial charge in [0.25, 0.3) is 0 Å². The molecule has 1 aromatic carbocycles. The number of aromatic nitrogens is 1. The highest BCUT2D eigenvalue weighted by Gasteiger charge is 2.24. The van der Waals surface area contributed by atoms with Crippen LogP contribution in [-0.4, -0.2) is 23.8 Å². The third-order valence-electron chi connectivity index (χ3n) is 3.54. The Kier molecular flexibility index (Phi) is 2.93. The van der Waals surface area contributed by atoms with Crippen molar-refractivity contribution in [2.24, 2.45) is 11.7 Å². The van der Waals surface area contributed by atoms with Gasteiger partial charge in [0.15, 0.2) is 5.58 Å². The molecule has 5 heteroatoms. The predicted molar refractivity (Wildman–Crippen MR) is 67.4 cm³/mol. The van der Waals surface area contributed by atoms with Crippen LogP contribution in [-0.2, 0) is 11.3 Å². The van der Waals surface area contributed by atoms with E-state index in [1.165, 1.54) is 0 Å². The Bertz CT molecular complexity index is 596. The molecule has 0 bridgehead atoms. The first-order valence-corrected chi connectivity index (χ1v) is 6.17. The van der Waals surface area contributed by atoms with Crippen LogP contribution < -0.4 is 11.5 Å². The SMILES string of the molecule is NC(Cn1c(=O)oc2ccccc21)C1CCOC1. The maximum absolute atomic E-state index is 11.8. The topological polar surface area (TPSA) is 70.4 Å². The van der Waals surface area contributed by atoms with Crippen molar-refractivity contribution in [1.29, 1.82) is 0 Å². The lowest BCUT2D eigenvalue weighted by molar-refractivity contribution is 0.178. The smallest absolute Gasteiger partial charge is 0.408 e. The van der Waals surface area contributed by atoms with Crippen molar-refractivity contribution >= 4 is 11.1 Å². The summed E-state index contributed by atoms with van der Waals surface area (Å²) in [4.78, 5) is 11.8. The molecule has 1 aromatic heterocycles. The second-order valence-corrected chi connectivity index (χ2v) is 4.73.